The zero-order valence-corrected chi connectivity index (χ0v) is 13.1. The van der Waals surface area contributed by atoms with Gasteiger partial charge in [0.05, 0.1) is 22.6 Å². The SMILES string of the molecule is Fc1c2nc(cc3ccc(cc4nc(cc5ccc1[nH]5)C=C4)[nH]3)C=C2. The number of hydrogen-bond donors (Lipinski definition) is 2. The quantitative estimate of drug-likeness (QED) is 0.429. The summed E-state index contributed by atoms with van der Waals surface area (Å²) in [7, 11) is 0. The number of fused-ring (bicyclic) bond motifs is 8. The van der Waals surface area contributed by atoms with Gasteiger partial charge >= 0.3 is 0 Å². The van der Waals surface area contributed by atoms with Gasteiger partial charge in [0, 0.05) is 16.6 Å². The molecule has 2 aliphatic rings. The van der Waals surface area contributed by atoms with Crippen LogP contribution in [-0.2, 0) is 0 Å². The summed E-state index contributed by atoms with van der Waals surface area (Å²) in [5.74, 6) is -0.372. The Balaban J connectivity index is 1.88. The molecule has 3 aromatic rings. The van der Waals surface area contributed by atoms with E-state index in [2.05, 4.69) is 19.9 Å². The van der Waals surface area contributed by atoms with Crippen molar-refractivity contribution in [3.8, 4) is 0 Å². The van der Waals surface area contributed by atoms with Gasteiger partial charge in [-0.05, 0) is 66.8 Å². The molecule has 2 N–H and O–H groups in total. The van der Waals surface area contributed by atoms with E-state index in [1.165, 1.54) is 0 Å². The lowest BCUT2D eigenvalue weighted by atomic mass is 10.3. The highest BCUT2D eigenvalue weighted by Crippen LogP contribution is 2.19. The van der Waals surface area contributed by atoms with Crippen LogP contribution < -0.4 is 0 Å². The molecule has 0 atom stereocenters. The molecule has 5 heterocycles. The molecule has 25 heavy (non-hydrogen) atoms. The molecule has 5 heteroatoms. The van der Waals surface area contributed by atoms with E-state index >= 15 is 0 Å². The topological polar surface area (TPSA) is 57.4 Å². The number of nitrogens with zero attached hydrogens (tertiary/aromatic N) is 2. The minimum absolute atomic E-state index is 0.318. The highest BCUT2D eigenvalue weighted by atomic mass is 19.1. The Kier molecular flexibility index (Phi) is 2.94. The van der Waals surface area contributed by atoms with Crippen molar-refractivity contribution >= 4 is 46.4 Å². The van der Waals surface area contributed by atoms with Crippen LogP contribution >= 0.6 is 0 Å². The third-order valence-corrected chi connectivity index (χ3v) is 4.16. The van der Waals surface area contributed by atoms with Crippen LogP contribution in [0.2, 0.25) is 0 Å². The zero-order chi connectivity index (χ0) is 16.8. The van der Waals surface area contributed by atoms with Gasteiger partial charge in [-0.2, -0.15) is 0 Å². The van der Waals surface area contributed by atoms with Crippen molar-refractivity contribution < 1.29 is 4.39 Å². The molecule has 0 saturated carbocycles. The molecule has 120 valence electrons. The third kappa shape index (κ3) is 2.55. The molecule has 3 aromatic heterocycles. The molecule has 4 nitrogen and oxygen atoms in total. The lowest BCUT2D eigenvalue weighted by Gasteiger charge is -1.89. The number of aromatic nitrogens is 4. The molecule has 0 saturated heterocycles. The molecule has 2 aliphatic heterocycles. The van der Waals surface area contributed by atoms with Crippen molar-refractivity contribution in [1.29, 1.82) is 0 Å². The van der Waals surface area contributed by atoms with Crippen LogP contribution in [0.3, 0.4) is 0 Å². The van der Waals surface area contributed by atoms with Gasteiger partial charge in [0.1, 0.15) is 5.69 Å². The van der Waals surface area contributed by atoms with E-state index in [0.717, 1.165) is 27.9 Å². The Hall–Kier alpha value is -3.47. The van der Waals surface area contributed by atoms with E-state index < -0.39 is 0 Å². The summed E-state index contributed by atoms with van der Waals surface area (Å²) < 4.78 is 14.7. The maximum Gasteiger partial charge on any atom is 0.172 e. The molecule has 0 fully saturated rings. The summed E-state index contributed by atoms with van der Waals surface area (Å²) in [5.41, 5.74) is 5.77. The lowest BCUT2D eigenvalue weighted by molar-refractivity contribution is 0.629. The summed E-state index contributed by atoms with van der Waals surface area (Å²) in [4.78, 5) is 15.3. The van der Waals surface area contributed by atoms with Crippen LogP contribution in [0, 0.1) is 5.82 Å². The third-order valence-electron chi connectivity index (χ3n) is 4.16. The van der Waals surface area contributed by atoms with Crippen LogP contribution in [0.15, 0.2) is 42.5 Å². The van der Waals surface area contributed by atoms with Crippen molar-refractivity contribution in [2.45, 2.75) is 0 Å². The monoisotopic (exact) mass is 328 g/mol. The first kappa shape index (κ1) is 13.9. The number of nitrogens with one attached hydrogen (secondary N) is 2. The molecule has 0 unspecified atom stereocenters. The van der Waals surface area contributed by atoms with Gasteiger partial charge in [-0.3, -0.25) is 0 Å². The van der Waals surface area contributed by atoms with Crippen LogP contribution in [0.25, 0.3) is 46.4 Å². The van der Waals surface area contributed by atoms with Crippen molar-refractivity contribution in [1.82, 2.24) is 19.9 Å². The summed E-state index contributed by atoms with van der Waals surface area (Å²) in [6.07, 6.45) is 7.38. The van der Waals surface area contributed by atoms with E-state index in [9.17, 15) is 4.39 Å². The maximum absolute atomic E-state index is 14.7. The van der Waals surface area contributed by atoms with E-state index in [4.69, 9.17) is 0 Å². The molecule has 5 rings (SSSR count). The van der Waals surface area contributed by atoms with Crippen molar-refractivity contribution in [2.75, 3.05) is 0 Å². The van der Waals surface area contributed by atoms with Gasteiger partial charge in [-0.25, -0.2) is 14.4 Å². The fourth-order valence-corrected chi connectivity index (χ4v) is 2.97. The van der Waals surface area contributed by atoms with Gasteiger partial charge in [0.25, 0.3) is 0 Å². The van der Waals surface area contributed by atoms with E-state index in [-0.39, 0.29) is 5.82 Å². The summed E-state index contributed by atoms with van der Waals surface area (Å²) >= 11 is 0. The average molecular weight is 328 g/mol. The maximum atomic E-state index is 14.7. The highest BCUT2D eigenvalue weighted by molar-refractivity contribution is 5.77. The molecule has 8 bridgehead atoms. The fraction of sp³-hybridized carbons (Fsp3) is 0. The van der Waals surface area contributed by atoms with E-state index in [1.54, 1.807) is 18.2 Å². The minimum atomic E-state index is -0.372. The summed E-state index contributed by atoms with van der Waals surface area (Å²) in [6.45, 7) is 0. The second-order valence-corrected chi connectivity index (χ2v) is 5.99. The lowest BCUT2D eigenvalue weighted by Crippen LogP contribution is -1.82. The fourth-order valence-electron chi connectivity index (χ4n) is 2.97. The number of rotatable bonds is 0. The van der Waals surface area contributed by atoms with Crippen LogP contribution in [0.4, 0.5) is 4.39 Å². The molecular weight excluding hydrogens is 315 g/mol. The first-order valence-electron chi connectivity index (χ1n) is 7.96. The minimum Gasteiger partial charge on any atom is -0.355 e. The van der Waals surface area contributed by atoms with E-state index in [0.29, 0.717) is 16.9 Å². The standard InChI is InChI=1S/C20H13FN4/c21-20-18-7-5-16(24-18)10-14-3-1-12(22-14)9-13-2-4-15(23-13)11-17-6-8-19(20)25-17/h1-11,22,25H. The Morgan fingerprint density at radius 2 is 1.20 bits per heavy atom. The largest absolute Gasteiger partial charge is 0.355 e. The van der Waals surface area contributed by atoms with Crippen LogP contribution in [-0.4, -0.2) is 19.9 Å². The van der Waals surface area contributed by atoms with Crippen LogP contribution in [0.1, 0.15) is 22.8 Å². The highest BCUT2D eigenvalue weighted by Gasteiger charge is 2.07. The molecule has 0 aromatic carbocycles. The number of hydrogen-bond acceptors (Lipinski definition) is 2. The molecule has 0 aliphatic carbocycles. The predicted molar refractivity (Wildman–Crippen MR) is 98.8 cm³/mol. The second kappa shape index (κ2) is 5.27. The van der Waals surface area contributed by atoms with Gasteiger partial charge in [0.15, 0.2) is 5.82 Å². The summed E-state index contributed by atoms with van der Waals surface area (Å²) in [5, 5.41) is 0. The number of H-pyrrole nitrogens is 2. The van der Waals surface area contributed by atoms with Crippen LogP contribution in [0.5, 0.6) is 0 Å². The Morgan fingerprint density at radius 1 is 0.640 bits per heavy atom. The molecule has 0 amide bonds. The van der Waals surface area contributed by atoms with Crippen molar-refractivity contribution in [3.63, 3.8) is 0 Å². The van der Waals surface area contributed by atoms with Crippen molar-refractivity contribution in [2.24, 2.45) is 0 Å². The zero-order valence-electron chi connectivity index (χ0n) is 13.1. The average Bonchev–Trinajstić information content (AvgIpc) is 3.36. The van der Waals surface area contributed by atoms with Gasteiger partial charge < -0.3 is 9.97 Å². The molecular formula is C20H13FN4. The molecule has 0 spiro atoms. The summed E-state index contributed by atoms with van der Waals surface area (Å²) in [6, 6.07) is 13.2. The smallest absolute Gasteiger partial charge is 0.172 e. The first-order chi connectivity index (χ1) is 12.2. The first-order valence-corrected chi connectivity index (χ1v) is 7.96. The van der Waals surface area contributed by atoms with E-state index in [1.807, 2.05) is 48.6 Å². The van der Waals surface area contributed by atoms with Gasteiger partial charge in [-0.15, -0.1) is 0 Å². The predicted octanol–water partition coefficient (Wildman–Crippen LogP) is 4.79. The Bertz CT molecular complexity index is 1210. The van der Waals surface area contributed by atoms with Crippen molar-refractivity contribution in [3.05, 3.63) is 71.1 Å². The number of aromatic amines is 2. The normalized spacial score (nSPS) is 12.7. The Labute approximate surface area is 142 Å². The number of halogens is 1. The Morgan fingerprint density at radius 3 is 1.92 bits per heavy atom. The second-order valence-electron chi connectivity index (χ2n) is 5.99. The molecule has 0 radical (unpaired) electrons. The van der Waals surface area contributed by atoms with Gasteiger partial charge in [-0.1, -0.05) is 0 Å². The van der Waals surface area contributed by atoms with Gasteiger partial charge in [0.2, 0.25) is 0 Å².